The molecule has 2 aromatic carbocycles. The normalized spacial score (nSPS) is 10.6. The molecule has 2 aromatic rings. The van der Waals surface area contributed by atoms with Crippen molar-refractivity contribution in [1.82, 2.24) is 5.32 Å². The average Bonchev–Trinajstić information content (AvgIpc) is 2.60. The van der Waals surface area contributed by atoms with Gasteiger partial charge in [0.15, 0.2) is 0 Å². The van der Waals surface area contributed by atoms with Crippen LogP contribution in [0.25, 0.3) is 6.08 Å². The maximum Gasteiger partial charge on any atom is 0.244 e. The molecule has 24 heavy (non-hydrogen) atoms. The van der Waals surface area contributed by atoms with Crippen LogP contribution in [-0.4, -0.2) is 18.4 Å². The van der Waals surface area contributed by atoms with Gasteiger partial charge in [-0.15, -0.1) is 0 Å². The number of para-hydroxylation sites is 1. The minimum absolute atomic E-state index is 0.0604. The van der Waals surface area contributed by atoms with Gasteiger partial charge in [-0.3, -0.25) is 9.59 Å². The third-order valence-electron chi connectivity index (χ3n) is 3.60. The fourth-order valence-electron chi connectivity index (χ4n) is 2.22. The number of benzene rings is 2. The zero-order valence-electron chi connectivity index (χ0n) is 14.0. The first-order valence-corrected chi connectivity index (χ1v) is 7.99. The van der Waals surface area contributed by atoms with Gasteiger partial charge in [0.25, 0.3) is 0 Å². The summed E-state index contributed by atoms with van der Waals surface area (Å²) >= 11 is 0. The number of anilines is 1. The number of rotatable bonds is 6. The van der Waals surface area contributed by atoms with E-state index in [2.05, 4.69) is 10.6 Å². The standard InChI is InChI=1S/C20H22N2O2/c1-3-17-6-4-5-7-18(17)22-20(24)14-21-19(23)13-12-16-10-8-15(2)9-11-16/h4-13H,3,14H2,1-2H3,(H,21,23)(H,22,24)/b13-12+. The minimum atomic E-state index is -0.297. The molecule has 0 aliphatic carbocycles. The Bertz CT molecular complexity index is 734. The molecule has 0 aliphatic heterocycles. The van der Waals surface area contributed by atoms with Gasteiger partial charge in [0, 0.05) is 11.8 Å². The van der Waals surface area contributed by atoms with Crippen molar-refractivity contribution in [1.29, 1.82) is 0 Å². The van der Waals surface area contributed by atoms with Crippen LogP contribution in [0.1, 0.15) is 23.6 Å². The van der Waals surface area contributed by atoms with E-state index in [0.29, 0.717) is 0 Å². The van der Waals surface area contributed by atoms with Gasteiger partial charge in [-0.25, -0.2) is 0 Å². The van der Waals surface area contributed by atoms with E-state index in [-0.39, 0.29) is 18.4 Å². The SMILES string of the molecule is CCc1ccccc1NC(=O)CNC(=O)/C=C/c1ccc(C)cc1. The van der Waals surface area contributed by atoms with Gasteiger partial charge >= 0.3 is 0 Å². The summed E-state index contributed by atoms with van der Waals surface area (Å²) in [5, 5.41) is 5.40. The lowest BCUT2D eigenvalue weighted by Gasteiger charge is -2.09. The summed E-state index contributed by atoms with van der Waals surface area (Å²) in [5.41, 5.74) is 3.96. The molecule has 0 unspecified atom stereocenters. The minimum Gasteiger partial charge on any atom is -0.343 e. The van der Waals surface area contributed by atoms with Gasteiger partial charge in [0.2, 0.25) is 11.8 Å². The van der Waals surface area contributed by atoms with E-state index in [9.17, 15) is 9.59 Å². The van der Waals surface area contributed by atoms with Gasteiger partial charge in [0.1, 0.15) is 0 Å². The molecule has 124 valence electrons. The predicted octanol–water partition coefficient (Wildman–Crippen LogP) is 3.33. The second-order valence-corrected chi connectivity index (χ2v) is 5.52. The largest absolute Gasteiger partial charge is 0.343 e. The van der Waals surface area contributed by atoms with Gasteiger partial charge in [-0.05, 0) is 36.6 Å². The summed E-state index contributed by atoms with van der Waals surface area (Å²) in [5.74, 6) is -0.539. The summed E-state index contributed by atoms with van der Waals surface area (Å²) in [7, 11) is 0. The van der Waals surface area contributed by atoms with Crippen molar-refractivity contribution in [2.24, 2.45) is 0 Å². The van der Waals surface area contributed by atoms with E-state index >= 15 is 0 Å². The van der Waals surface area contributed by atoms with Gasteiger partial charge in [-0.1, -0.05) is 55.0 Å². The molecule has 0 spiro atoms. The van der Waals surface area contributed by atoms with Crippen LogP contribution in [-0.2, 0) is 16.0 Å². The van der Waals surface area contributed by atoms with Crippen LogP contribution in [0.4, 0.5) is 5.69 Å². The number of hydrogen-bond donors (Lipinski definition) is 2. The van der Waals surface area contributed by atoms with Crippen LogP contribution in [0.2, 0.25) is 0 Å². The van der Waals surface area contributed by atoms with Gasteiger partial charge in [0.05, 0.1) is 6.54 Å². The molecule has 0 aliphatic rings. The van der Waals surface area contributed by atoms with E-state index in [1.54, 1.807) is 6.08 Å². The zero-order valence-corrected chi connectivity index (χ0v) is 14.0. The summed E-state index contributed by atoms with van der Waals surface area (Å²) in [6, 6.07) is 15.5. The van der Waals surface area contributed by atoms with Crippen LogP contribution in [0.15, 0.2) is 54.6 Å². The molecule has 0 heterocycles. The smallest absolute Gasteiger partial charge is 0.244 e. The zero-order chi connectivity index (χ0) is 17.4. The molecule has 4 heteroatoms. The van der Waals surface area contributed by atoms with Crippen LogP contribution in [0.3, 0.4) is 0 Å². The monoisotopic (exact) mass is 322 g/mol. The van der Waals surface area contributed by atoms with Crippen molar-refractivity contribution < 1.29 is 9.59 Å². The highest BCUT2D eigenvalue weighted by molar-refractivity contribution is 5.98. The number of aryl methyl sites for hydroxylation is 2. The first-order valence-electron chi connectivity index (χ1n) is 7.99. The molecular weight excluding hydrogens is 300 g/mol. The van der Waals surface area contributed by atoms with E-state index in [0.717, 1.165) is 23.2 Å². The van der Waals surface area contributed by atoms with Crippen molar-refractivity contribution in [3.8, 4) is 0 Å². The maximum atomic E-state index is 11.9. The molecule has 0 bridgehead atoms. The van der Waals surface area contributed by atoms with Crippen molar-refractivity contribution >= 4 is 23.6 Å². The molecule has 0 saturated carbocycles. The van der Waals surface area contributed by atoms with Crippen LogP contribution >= 0.6 is 0 Å². The molecule has 0 saturated heterocycles. The molecule has 4 nitrogen and oxygen atoms in total. The number of nitrogens with one attached hydrogen (secondary N) is 2. The topological polar surface area (TPSA) is 58.2 Å². The molecule has 2 amide bonds. The molecule has 0 radical (unpaired) electrons. The number of amides is 2. The average molecular weight is 322 g/mol. The predicted molar refractivity (Wildman–Crippen MR) is 97.7 cm³/mol. The van der Waals surface area contributed by atoms with E-state index in [1.165, 1.54) is 11.6 Å². The Kier molecular flexibility index (Phi) is 6.32. The van der Waals surface area contributed by atoms with Crippen LogP contribution in [0, 0.1) is 6.92 Å². The first kappa shape index (κ1) is 17.5. The second kappa shape index (κ2) is 8.67. The fraction of sp³-hybridized carbons (Fsp3) is 0.200. The van der Waals surface area contributed by atoms with Gasteiger partial charge < -0.3 is 10.6 Å². The summed E-state index contributed by atoms with van der Waals surface area (Å²) in [6.07, 6.45) is 3.99. The van der Waals surface area contributed by atoms with E-state index < -0.39 is 0 Å². The van der Waals surface area contributed by atoms with Crippen LogP contribution in [0.5, 0.6) is 0 Å². The number of carbonyl (C=O) groups excluding carboxylic acids is 2. The third-order valence-corrected chi connectivity index (χ3v) is 3.60. The molecule has 2 rings (SSSR count). The van der Waals surface area contributed by atoms with Crippen molar-refractivity contribution in [2.45, 2.75) is 20.3 Å². The molecular formula is C20H22N2O2. The third kappa shape index (κ3) is 5.39. The molecule has 0 atom stereocenters. The Balaban J connectivity index is 1.82. The van der Waals surface area contributed by atoms with Crippen molar-refractivity contribution in [3.63, 3.8) is 0 Å². The Labute approximate surface area is 142 Å². The first-order chi connectivity index (χ1) is 11.6. The van der Waals surface area contributed by atoms with E-state index in [1.807, 2.05) is 62.4 Å². The number of carbonyl (C=O) groups is 2. The second-order valence-electron chi connectivity index (χ2n) is 5.52. The molecule has 0 fully saturated rings. The van der Waals surface area contributed by atoms with Crippen molar-refractivity contribution in [3.05, 3.63) is 71.3 Å². The Morgan fingerprint density at radius 2 is 1.75 bits per heavy atom. The quantitative estimate of drug-likeness (QED) is 0.802. The fourth-order valence-corrected chi connectivity index (χ4v) is 2.22. The Hall–Kier alpha value is -2.88. The highest BCUT2D eigenvalue weighted by Gasteiger charge is 2.06. The highest BCUT2D eigenvalue weighted by Crippen LogP contribution is 2.14. The highest BCUT2D eigenvalue weighted by atomic mass is 16.2. The number of hydrogen-bond acceptors (Lipinski definition) is 2. The Morgan fingerprint density at radius 1 is 1.04 bits per heavy atom. The van der Waals surface area contributed by atoms with Crippen LogP contribution < -0.4 is 10.6 Å². The summed E-state index contributed by atoms with van der Waals surface area (Å²) in [4.78, 5) is 23.7. The summed E-state index contributed by atoms with van der Waals surface area (Å²) in [6.45, 7) is 3.98. The maximum absolute atomic E-state index is 11.9. The lowest BCUT2D eigenvalue weighted by atomic mass is 10.1. The molecule has 2 N–H and O–H groups in total. The van der Waals surface area contributed by atoms with Gasteiger partial charge in [-0.2, -0.15) is 0 Å². The Morgan fingerprint density at radius 3 is 2.46 bits per heavy atom. The van der Waals surface area contributed by atoms with Crippen molar-refractivity contribution in [2.75, 3.05) is 11.9 Å². The summed E-state index contributed by atoms with van der Waals surface area (Å²) < 4.78 is 0. The lowest BCUT2D eigenvalue weighted by Crippen LogP contribution is -2.31. The van der Waals surface area contributed by atoms with E-state index in [4.69, 9.17) is 0 Å². The molecule has 0 aromatic heterocycles. The lowest BCUT2D eigenvalue weighted by molar-refractivity contribution is -0.121.